The maximum atomic E-state index is 13.6. The molecule has 5 aliphatic heterocycles. The number of rotatable bonds is 12. The number of imide groups is 2. The highest BCUT2D eigenvalue weighted by Crippen LogP contribution is 2.43. The Bertz CT molecular complexity index is 3220. The molecule has 0 saturated carbocycles. The summed E-state index contributed by atoms with van der Waals surface area (Å²) >= 11 is 6.67. The van der Waals surface area contributed by atoms with Gasteiger partial charge in [-0.05, 0) is 69.0 Å². The Kier molecular flexibility index (Phi) is 12.4. The predicted octanol–water partition coefficient (Wildman–Crippen LogP) is 5.09. The Morgan fingerprint density at radius 2 is 1.53 bits per heavy atom. The molecule has 4 saturated heterocycles. The van der Waals surface area contributed by atoms with E-state index in [2.05, 4.69) is 61.7 Å². The van der Waals surface area contributed by atoms with Gasteiger partial charge in [0.15, 0.2) is 5.82 Å². The number of likely N-dealkylation sites (tertiary alicyclic amines) is 1. The summed E-state index contributed by atoms with van der Waals surface area (Å²) in [4.78, 5) is 79.9. The van der Waals surface area contributed by atoms with E-state index in [0.29, 0.717) is 62.5 Å². The summed E-state index contributed by atoms with van der Waals surface area (Å²) in [6, 6.07) is 13.0. The lowest BCUT2D eigenvalue weighted by atomic mass is 9.97. The van der Waals surface area contributed by atoms with E-state index >= 15 is 0 Å². The van der Waals surface area contributed by atoms with Gasteiger partial charge in [-0.2, -0.15) is 10.1 Å². The number of anilines is 6. The van der Waals surface area contributed by atoms with Crippen LogP contribution >= 0.6 is 18.7 Å². The fraction of sp³-hybridized carbons (Fsp3) is 0.380. The van der Waals surface area contributed by atoms with Gasteiger partial charge >= 0.3 is 0 Å². The topological polar surface area (TPSA) is 216 Å². The number of carbonyl (C=O) groups is 4. The minimum atomic E-state index is -2.84. The number of aromatic nitrogens is 6. The molecule has 22 heteroatoms. The van der Waals surface area contributed by atoms with E-state index in [9.17, 15) is 23.7 Å². The molecule has 4 amide bonds. The van der Waals surface area contributed by atoms with Gasteiger partial charge in [-0.3, -0.25) is 53.8 Å². The zero-order chi connectivity index (χ0) is 50.0. The molecule has 0 radical (unpaired) electrons. The number of piperazine rings is 1. The van der Waals surface area contributed by atoms with Gasteiger partial charge in [0.25, 0.3) is 11.8 Å². The number of benzene rings is 3. The lowest BCUT2D eigenvalue weighted by Gasteiger charge is -2.50. The Morgan fingerprint density at radius 1 is 0.778 bits per heavy atom. The van der Waals surface area contributed by atoms with Crippen molar-refractivity contribution in [3.8, 4) is 16.9 Å². The number of fused-ring (bicyclic) bond motifs is 2. The summed E-state index contributed by atoms with van der Waals surface area (Å²) in [5, 5.41) is 14.3. The van der Waals surface area contributed by atoms with E-state index in [1.54, 1.807) is 49.6 Å². The average Bonchev–Trinajstić information content (AvgIpc) is 3.90. The Balaban J connectivity index is 0.727. The maximum absolute atomic E-state index is 13.6. The number of amides is 4. The van der Waals surface area contributed by atoms with Crippen molar-refractivity contribution < 1.29 is 28.5 Å². The molecule has 372 valence electrons. The summed E-state index contributed by atoms with van der Waals surface area (Å²) in [6.45, 7) is 10.6. The van der Waals surface area contributed by atoms with Crippen molar-refractivity contribution in [2.24, 2.45) is 7.05 Å². The second kappa shape index (κ2) is 18.9. The summed E-state index contributed by atoms with van der Waals surface area (Å²) in [5.74, 6) is -0.781. The molecule has 6 aromatic rings. The van der Waals surface area contributed by atoms with Crippen LogP contribution in [0.2, 0.25) is 5.02 Å². The molecule has 0 bridgehead atoms. The molecule has 0 aliphatic carbocycles. The molecular formula is C50H54ClN14O6P. The first-order chi connectivity index (χ1) is 34.7. The maximum Gasteiger partial charge on any atom is 0.262 e. The highest BCUT2D eigenvalue weighted by Gasteiger charge is 2.45. The fourth-order valence-electron chi connectivity index (χ4n) is 10.8. The van der Waals surface area contributed by atoms with E-state index in [-0.39, 0.29) is 23.8 Å². The summed E-state index contributed by atoms with van der Waals surface area (Å²) in [6.07, 6.45) is 10.9. The van der Waals surface area contributed by atoms with Crippen molar-refractivity contribution in [1.29, 1.82) is 0 Å². The molecule has 4 fully saturated rings. The van der Waals surface area contributed by atoms with Crippen LogP contribution in [0.4, 0.5) is 34.5 Å². The SMILES string of the molecule is COc1cc(N2CCN(C3CCN(C4CN(c5ccc6c(c5)C(=O)N(C5CCC(=O)NC5=O)C6=O)C4)CC3)CC2)c(-c2cnn(C)c2)cc1Nc1ncc(Cl)c(Nc2ccc3nccnc3c2P(C)(C)=O)n1. The average molecular weight is 1010 g/mol. The first-order valence-corrected chi connectivity index (χ1v) is 27.1. The van der Waals surface area contributed by atoms with Crippen molar-refractivity contribution in [3.05, 3.63) is 89.6 Å². The number of piperidine rings is 2. The van der Waals surface area contributed by atoms with Gasteiger partial charge in [0.2, 0.25) is 17.8 Å². The molecule has 20 nitrogen and oxygen atoms in total. The van der Waals surface area contributed by atoms with Gasteiger partial charge in [-0.15, -0.1) is 0 Å². The molecule has 3 aromatic carbocycles. The minimum Gasteiger partial charge on any atom is -0.494 e. The van der Waals surface area contributed by atoms with Gasteiger partial charge in [0.05, 0.1) is 52.8 Å². The van der Waals surface area contributed by atoms with Crippen LogP contribution < -0.4 is 35.8 Å². The second-order valence-electron chi connectivity index (χ2n) is 19.4. The molecule has 0 spiro atoms. The van der Waals surface area contributed by atoms with Crippen LogP contribution in [0.15, 0.2) is 73.4 Å². The van der Waals surface area contributed by atoms with E-state index < -0.39 is 36.8 Å². The lowest BCUT2D eigenvalue weighted by Crippen LogP contribution is -2.62. The molecular weight excluding hydrogens is 959 g/mol. The van der Waals surface area contributed by atoms with Crippen LogP contribution in [-0.2, 0) is 21.2 Å². The van der Waals surface area contributed by atoms with Crippen LogP contribution in [0.5, 0.6) is 5.75 Å². The van der Waals surface area contributed by atoms with Crippen LogP contribution in [-0.4, -0.2) is 159 Å². The Morgan fingerprint density at radius 3 is 2.25 bits per heavy atom. The highest BCUT2D eigenvalue weighted by atomic mass is 35.5. The number of aryl methyl sites for hydroxylation is 1. The number of nitrogens with one attached hydrogen (secondary N) is 3. The molecule has 1 atom stereocenters. The van der Waals surface area contributed by atoms with Crippen LogP contribution in [0.25, 0.3) is 22.2 Å². The third-order valence-electron chi connectivity index (χ3n) is 14.6. The van der Waals surface area contributed by atoms with Crippen molar-refractivity contribution in [2.75, 3.05) is 93.2 Å². The number of hydrogen-bond donors (Lipinski definition) is 3. The predicted molar refractivity (Wildman–Crippen MR) is 275 cm³/mol. The molecule has 1 unspecified atom stereocenters. The third kappa shape index (κ3) is 8.90. The normalized spacial score (nSPS) is 19.5. The van der Waals surface area contributed by atoms with Crippen LogP contribution in [0, 0.1) is 0 Å². The van der Waals surface area contributed by atoms with Crippen LogP contribution in [0.1, 0.15) is 46.4 Å². The highest BCUT2D eigenvalue weighted by molar-refractivity contribution is 7.71. The summed E-state index contributed by atoms with van der Waals surface area (Å²) < 4.78 is 21.4. The largest absolute Gasteiger partial charge is 0.494 e. The van der Waals surface area contributed by atoms with Gasteiger partial charge in [0, 0.05) is 125 Å². The smallest absolute Gasteiger partial charge is 0.262 e. The van der Waals surface area contributed by atoms with E-state index in [4.69, 9.17) is 21.3 Å². The monoisotopic (exact) mass is 1010 g/mol. The molecule has 11 rings (SSSR count). The molecule has 3 aromatic heterocycles. The molecule has 3 N–H and O–H groups in total. The summed E-state index contributed by atoms with van der Waals surface area (Å²) in [5.41, 5.74) is 6.85. The van der Waals surface area contributed by atoms with E-state index in [0.717, 1.165) is 92.6 Å². The minimum absolute atomic E-state index is 0.0852. The zero-order valence-electron chi connectivity index (χ0n) is 40.3. The molecule has 5 aliphatic rings. The second-order valence-corrected chi connectivity index (χ2v) is 22.9. The zero-order valence-corrected chi connectivity index (χ0v) is 42.0. The number of carbonyl (C=O) groups excluding carboxylic acids is 4. The number of nitrogens with zero attached hydrogens (tertiary/aromatic N) is 11. The lowest BCUT2D eigenvalue weighted by molar-refractivity contribution is -0.136. The van der Waals surface area contributed by atoms with Crippen molar-refractivity contribution in [3.63, 3.8) is 0 Å². The number of hydrogen-bond acceptors (Lipinski definition) is 17. The van der Waals surface area contributed by atoms with Gasteiger partial charge in [0.1, 0.15) is 29.5 Å². The molecule has 8 heterocycles. The van der Waals surface area contributed by atoms with Crippen molar-refractivity contribution in [2.45, 2.75) is 43.8 Å². The number of methoxy groups -OCH3 is 1. The van der Waals surface area contributed by atoms with Crippen LogP contribution in [0.3, 0.4) is 0 Å². The number of halogens is 1. The van der Waals surface area contributed by atoms with E-state index in [1.807, 2.05) is 43.7 Å². The van der Waals surface area contributed by atoms with Gasteiger partial charge in [-0.25, -0.2) is 4.98 Å². The standard InChI is InChI=1S/C50H54ClN14O6P/c1-60-26-29(24-55-60)34-22-39(57-50-54-25-36(51)46(59-50)56-38-8-7-37-44(53-14-13-52-37)45(38)72(3,4)70)42(71-2)23-41(34)63-19-17-62(18-20-63)30-11-15-61(16-12-30)32-27-64(28-32)31-5-6-33-35(21-31)49(69)65(48(33)68)40-9-10-43(66)58-47(40)67/h5-8,13-14,21-26,30,32,40H,9-12,15-20,27-28H2,1-4H3,(H,58,66,67)(H2,54,56,57,59). The fourth-order valence-corrected chi connectivity index (χ4v) is 12.3. The number of ether oxygens (including phenoxy) is 1. The Hall–Kier alpha value is -6.99. The quantitative estimate of drug-likeness (QED) is 0.107. The Labute approximate surface area is 420 Å². The van der Waals surface area contributed by atoms with Crippen molar-refractivity contribution in [1.82, 2.24) is 49.7 Å². The third-order valence-corrected chi connectivity index (χ3v) is 16.4. The van der Waals surface area contributed by atoms with Crippen molar-refractivity contribution >= 4 is 93.2 Å². The first-order valence-electron chi connectivity index (χ1n) is 24.1. The first kappa shape index (κ1) is 47.3. The van der Waals surface area contributed by atoms with Gasteiger partial charge in [-0.1, -0.05) is 11.6 Å². The van der Waals surface area contributed by atoms with Gasteiger partial charge < -0.3 is 29.7 Å². The molecule has 72 heavy (non-hydrogen) atoms. The van der Waals surface area contributed by atoms with E-state index in [1.165, 1.54) is 6.20 Å². The summed E-state index contributed by atoms with van der Waals surface area (Å²) in [7, 11) is 0.704.